The second kappa shape index (κ2) is 7.98. The summed E-state index contributed by atoms with van der Waals surface area (Å²) in [4.78, 5) is 29.0. The molecule has 3 amide bonds. The SMILES string of the molecule is O=C(CSc1ncc2ccccn12)NC(=O)NCCc1cccs1. The van der Waals surface area contributed by atoms with Crippen LogP contribution in [0.25, 0.3) is 5.52 Å². The van der Waals surface area contributed by atoms with Crippen LogP contribution in [0.2, 0.25) is 0 Å². The maximum absolute atomic E-state index is 11.8. The highest BCUT2D eigenvalue weighted by Crippen LogP contribution is 2.17. The maximum atomic E-state index is 11.8. The molecule has 0 saturated carbocycles. The molecule has 0 fully saturated rings. The molecule has 124 valence electrons. The van der Waals surface area contributed by atoms with Gasteiger partial charge in [0.1, 0.15) is 0 Å². The average molecular weight is 360 g/mol. The molecule has 0 aliphatic rings. The number of thiophene rings is 1. The number of carbonyl (C=O) groups excluding carboxylic acids is 2. The largest absolute Gasteiger partial charge is 0.337 e. The first kappa shape index (κ1) is 16.5. The summed E-state index contributed by atoms with van der Waals surface area (Å²) < 4.78 is 1.90. The van der Waals surface area contributed by atoms with Crippen molar-refractivity contribution in [1.82, 2.24) is 20.0 Å². The molecule has 0 aliphatic heterocycles. The van der Waals surface area contributed by atoms with E-state index < -0.39 is 6.03 Å². The van der Waals surface area contributed by atoms with Gasteiger partial charge in [-0.25, -0.2) is 9.78 Å². The molecular weight excluding hydrogens is 344 g/mol. The van der Waals surface area contributed by atoms with E-state index in [1.165, 1.54) is 16.6 Å². The van der Waals surface area contributed by atoms with Gasteiger partial charge in [-0.1, -0.05) is 23.9 Å². The number of urea groups is 1. The number of imidazole rings is 1. The van der Waals surface area contributed by atoms with Crippen molar-refractivity contribution in [3.63, 3.8) is 0 Å². The normalized spacial score (nSPS) is 10.7. The van der Waals surface area contributed by atoms with Gasteiger partial charge in [0.15, 0.2) is 5.16 Å². The van der Waals surface area contributed by atoms with Crippen LogP contribution in [0.15, 0.2) is 53.3 Å². The van der Waals surface area contributed by atoms with Crippen molar-refractivity contribution < 1.29 is 9.59 Å². The summed E-state index contributed by atoms with van der Waals surface area (Å²) in [5.41, 5.74) is 0.965. The quantitative estimate of drug-likeness (QED) is 0.663. The van der Waals surface area contributed by atoms with Gasteiger partial charge < -0.3 is 5.32 Å². The van der Waals surface area contributed by atoms with E-state index in [0.717, 1.165) is 17.1 Å². The third-order valence-corrected chi connectivity index (χ3v) is 5.13. The topological polar surface area (TPSA) is 75.5 Å². The Hall–Kier alpha value is -2.32. The molecule has 8 heteroatoms. The number of rotatable bonds is 6. The Morgan fingerprint density at radius 1 is 1.25 bits per heavy atom. The number of nitrogens with zero attached hydrogens (tertiary/aromatic N) is 2. The molecule has 6 nitrogen and oxygen atoms in total. The number of thioether (sulfide) groups is 1. The smallest absolute Gasteiger partial charge is 0.321 e. The highest BCUT2D eigenvalue weighted by atomic mass is 32.2. The molecule has 2 N–H and O–H groups in total. The zero-order valence-corrected chi connectivity index (χ0v) is 14.4. The van der Waals surface area contributed by atoms with E-state index in [1.54, 1.807) is 17.5 Å². The van der Waals surface area contributed by atoms with Crippen LogP contribution in [-0.2, 0) is 11.2 Å². The minimum absolute atomic E-state index is 0.131. The van der Waals surface area contributed by atoms with Crippen LogP contribution >= 0.6 is 23.1 Å². The Balaban J connectivity index is 1.41. The van der Waals surface area contributed by atoms with E-state index in [4.69, 9.17) is 0 Å². The molecule has 0 spiro atoms. The molecule has 0 atom stereocenters. The van der Waals surface area contributed by atoms with Gasteiger partial charge in [0, 0.05) is 17.6 Å². The lowest BCUT2D eigenvalue weighted by atomic mass is 10.3. The number of imide groups is 1. The lowest BCUT2D eigenvalue weighted by Gasteiger charge is -2.06. The van der Waals surface area contributed by atoms with Gasteiger partial charge >= 0.3 is 6.03 Å². The Morgan fingerprint density at radius 2 is 2.17 bits per heavy atom. The Morgan fingerprint density at radius 3 is 3.00 bits per heavy atom. The van der Waals surface area contributed by atoms with Crippen LogP contribution in [0.5, 0.6) is 0 Å². The maximum Gasteiger partial charge on any atom is 0.321 e. The van der Waals surface area contributed by atoms with Crippen LogP contribution in [0.1, 0.15) is 4.88 Å². The molecule has 0 unspecified atom stereocenters. The van der Waals surface area contributed by atoms with Gasteiger partial charge in [-0.15, -0.1) is 11.3 Å². The molecule has 0 aliphatic carbocycles. The number of hydrogen-bond acceptors (Lipinski definition) is 5. The number of hydrogen-bond donors (Lipinski definition) is 2. The monoisotopic (exact) mass is 360 g/mol. The predicted octanol–water partition coefficient (Wildman–Crippen LogP) is 2.56. The summed E-state index contributed by atoms with van der Waals surface area (Å²) in [6, 6.07) is 9.29. The van der Waals surface area contributed by atoms with Gasteiger partial charge in [-0.05, 0) is 30.0 Å². The van der Waals surface area contributed by atoms with Gasteiger partial charge in [0.25, 0.3) is 0 Å². The van der Waals surface area contributed by atoms with Crippen molar-refractivity contribution in [2.45, 2.75) is 11.6 Å². The fourth-order valence-electron chi connectivity index (χ4n) is 2.12. The first-order valence-electron chi connectivity index (χ1n) is 7.37. The second-order valence-electron chi connectivity index (χ2n) is 4.96. The molecule has 0 radical (unpaired) electrons. The summed E-state index contributed by atoms with van der Waals surface area (Å²) in [6.45, 7) is 0.498. The van der Waals surface area contributed by atoms with E-state index in [9.17, 15) is 9.59 Å². The van der Waals surface area contributed by atoms with E-state index in [-0.39, 0.29) is 11.7 Å². The molecule has 24 heavy (non-hydrogen) atoms. The predicted molar refractivity (Wildman–Crippen MR) is 95.5 cm³/mol. The van der Waals surface area contributed by atoms with Gasteiger partial charge in [0.2, 0.25) is 5.91 Å². The fourth-order valence-corrected chi connectivity index (χ4v) is 3.59. The lowest BCUT2D eigenvalue weighted by molar-refractivity contribution is -0.117. The lowest BCUT2D eigenvalue weighted by Crippen LogP contribution is -2.41. The van der Waals surface area contributed by atoms with Crippen molar-refractivity contribution in [3.05, 3.63) is 53.0 Å². The second-order valence-corrected chi connectivity index (χ2v) is 6.93. The van der Waals surface area contributed by atoms with E-state index in [1.807, 2.05) is 46.3 Å². The Labute approximate surface area is 147 Å². The summed E-state index contributed by atoms with van der Waals surface area (Å²) >= 11 is 2.93. The molecule has 3 rings (SSSR count). The summed E-state index contributed by atoms with van der Waals surface area (Å²) in [5.74, 6) is -0.215. The van der Waals surface area contributed by atoms with Crippen LogP contribution < -0.4 is 10.6 Å². The average Bonchev–Trinajstić information content (AvgIpc) is 3.22. The molecule has 3 heterocycles. The fraction of sp³-hybridized carbons (Fsp3) is 0.188. The van der Waals surface area contributed by atoms with E-state index >= 15 is 0 Å². The summed E-state index contributed by atoms with van der Waals surface area (Å²) in [6.07, 6.45) is 4.39. The van der Waals surface area contributed by atoms with E-state index in [2.05, 4.69) is 15.6 Å². The summed E-state index contributed by atoms with van der Waals surface area (Å²) in [7, 11) is 0. The molecule has 0 bridgehead atoms. The number of amides is 3. The van der Waals surface area contributed by atoms with Crippen molar-refractivity contribution in [2.24, 2.45) is 0 Å². The number of fused-ring (bicyclic) bond motifs is 1. The highest BCUT2D eigenvalue weighted by Gasteiger charge is 2.10. The third kappa shape index (κ3) is 4.36. The van der Waals surface area contributed by atoms with Crippen LogP contribution in [0, 0.1) is 0 Å². The van der Waals surface area contributed by atoms with E-state index in [0.29, 0.717) is 6.54 Å². The van der Waals surface area contributed by atoms with Crippen molar-refractivity contribution in [3.8, 4) is 0 Å². The highest BCUT2D eigenvalue weighted by molar-refractivity contribution is 7.99. The van der Waals surface area contributed by atoms with Crippen LogP contribution in [-0.4, -0.2) is 33.6 Å². The first-order chi connectivity index (χ1) is 11.7. The first-order valence-corrected chi connectivity index (χ1v) is 9.24. The molecule has 0 saturated heterocycles. The minimum Gasteiger partial charge on any atom is -0.337 e. The molecule has 3 aromatic heterocycles. The Bertz CT molecular complexity index is 830. The number of aromatic nitrogens is 2. The van der Waals surface area contributed by atoms with Crippen molar-refractivity contribution >= 4 is 40.6 Å². The zero-order chi connectivity index (χ0) is 16.8. The van der Waals surface area contributed by atoms with Crippen LogP contribution in [0.4, 0.5) is 4.79 Å². The van der Waals surface area contributed by atoms with Gasteiger partial charge in [0.05, 0.1) is 17.5 Å². The van der Waals surface area contributed by atoms with Crippen molar-refractivity contribution in [2.75, 3.05) is 12.3 Å². The van der Waals surface area contributed by atoms with Crippen LogP contribution in [0.3, 0.4) is 0 Å². The van der Waals surface area contributed by atoms with Crippen molar-refractivity contribution in [1.29, 1.82) is 0 Å². The zero-order valence-electron chi connectivity index (χ0n) is 12.8. The third-order valence-electron chi connectivity index (χ3n) is 3.23. The standard InChI is InChI=1S/C16H16N4O2S2/c21-14(19-15(22)17-7-6-13-5-3-9-23-13)11-24-16-18-10-12-4-1-2-8-20(12)16/h1-5,8-10H,6-7,11H2,(H2,17,19,21,22). The van der Waals surface area contributed by atoms with Gasteiger partial charge in [-0.3, -0.25) is 14.5 Å². The number of pyridine rings is 1. The molecule has 0 aromatic carbocycles. The summed E-state index contributed by atoms with van der Waals surface area (Å²) in [5, 5.41) is 7.72. The molecule has 3 aromatic rings. The number of carbonyl (C=O) groups is 2. The Kier molecular flexibility index (Phi) is 5.50. The minimum atomic E-state index is -0.467. The van der Waals surface area contributed by atoms with Gasteiger partial charge in [-0.2, -0.15) is 0 Å². The number of nitrogens with one attached hydrogen (secondary N) is 2. The molecular formula is C16H16N4O2S2.